The van der Waals surface area contributed by atoms with E-state index in [4.69, 9.17) is 11.6 Å². The third-order valence-corrected chi connectivity index (χ3v) is 4.74. The lowest BCUT2D eigenvalue weighted by Crippen LogP contribution is -2.32. The highest BCUT2D eigenvalue weighted by Crippen LogP contribution is 2.30. The lowest BCUT2D eigenvalue weighted by atomic mass is 10.0. The van der Waals surface area contributed by atoms with Crippen LogP contribution in [0.4, 0.5) is 5.82 Å². The second-order valence-electron chi connectivity index (χ2n) is 3.67. The van der Waals surface area contributed by atoms with Crippen molar-refractivity contribution < 1.29 is 0 Å². The summed E-state index contributed by atoms with van der Waals surface area (Å²) in [6.07, 6.45) is 5.90. The monoisotopic (exact) mass is 259 g/mol. The lowest BCUT2D eigenvalue weighted by molar-refractivity contribution is 0.574. The first kappa shape index (κ1) is 13.6. The van der Waals surface area contributed by atoms with E-state index in [9.17, 15) is 0 Å². The van der Waals surface area contributed by atoms with Crippen LogP contribution < -0.4 is 5.32 Å². The van der Waals surface area contributed by atoms with E-state index in [1.807, 2.05) is 11.8 Å². The van der Waals surface area contributed by atoms with Gasteiger partial charge in [-0.15, -0.1) is 0 Å². The molecule has 0 fully saturated rings. The second-order valence-corrected chi connectivity index (χ2v) is 5.34. The minimum Gasteiger partial charge on any atom is -0.369 e. The molecule has 1 rings (SSSR count). The van der Waals surface area contributed by atoms with Crippen LogP contribution in [0.2, 0.25) is 5.15 Å². The van der Waals surface area contributed by atoms with Crippen molar-refractivity contribution >= 4 is 29.2 Å². The molecule has 3 nitrogen and oxygen atoms in total. The number of rotatable bonds is 6. The largest absolute Gasteiger partial charge is 0.369 e. The molecule has 5 heteroatoms. The Hall–Kier alpha value is -0.480. The van der Waals surface area contributed by atoms with Gasteiger partial charge in [-0.3, -0.25) is 0 Å². The smallest absolute Gasteiger partial charge is 0.134 e. The normalized spacial score (nSPS) is 11.5. The Labute approximate surface area is 106 Å². The van der Waals surface area contributed by atoms with Crippen molar-refractivity contribution in [2.24, 2.45) is 0 Å². The van der Waals surface area contributed by atoms with E-state index in [1.165, 1.54) is 6.33 Å². The molecule has 1 aromatic rings. The van der Waals surface area contributed by atoms with Crippen molar-refractivity contribution in [3.05, 3.63) is 17.5 Å². The van der Waals surface area contributed by atoms with Crippen molar-refractivity contribution in [3.8, 4) is 0 Å². The molecule has 1 aromatic heterocycles. The third-order valence-electron chi connectivity index (χ3n) is 2.95. The highest BCUT2D eigenvalue weighted by Gasteiger charge is 2.24. The maximum Gasteiger partial charge on any atom is 0.134 e. The van der Waals surface area contributed by atoms with Crippen LogP contribution in [0.1, 0.15) is 26.7 Å². The van der Waals surface area contributed by atoms with Gasteiger partial charge in [-0.1, -0.05) is 25.4 Å². The van der Waals surface area contributed by atoms with Crippen LogP contribution in [-0.2, 0) is 0 Å². The second kappa shape index (κ2) is 6.30. The molecule has 1 heterocycles. The van der Waals surface area contributed by atoms with Crippen LogP contribution in [0.15, 0.2) is 12.4 Å². The Kier molecular flexibility index (Phi) is 5.35. The molecule has 0 radical (unpaired) electrons. The molecule has 1 N–H and O–H groups in total. The van der Waals surface area contributed by atoms with Gasteiger partial charge < -0.3 is 5.32 Å². The zero-order valence-corrected chi connectivity index (χ0v) is 11.5. The van der Waals surface area contributed by atoms with E-state index in [0.29, 0.717) is 5.15 Å². The van der Waals surface area contributed by atoms with Crippen LogP contribution in [0, 0.1) is 0 Å². The average Bonchev–Trinajstić information content (AvgIpc) is 2.32. The molecule has 0 aromatic carbocycles. The summed E-state index contributed by atoms with van der Waals surface area (Å²) in [4.78, 5) is 7.98. The SMILES string of the molecule is CCC(CC)(CNc1cc(Cl)ncn1)SC. The first-order valence-electron chi connectivity index (χ1n) is 5.42. The molecule has 0 saturated heterocycles. The Morgan fingerprint density at radius 3 is 2.56 bits per heavy atom. The summed E-state index contributed by atoms with van der Waals surface area (Å²) in [6.45, 7) is 5.33. The van der Waals surface area contributed by atoms with Gasteiger partial charge in [0, 0.05) is 17.4 Å². The van der Waals surface area contributed by atoms with Gasteiger partial charge in [-0.2, -0.15) is 11.8 Å². The number of nitrogens with one attached hydrogen (secondary N) is 1. The van der Waals surface area contributed by atoms with Crippen molar-refractivity contribution in [3.63, 3.8) is 0 Å². The summed E-state index contributed by atoms with van der Waals surface area (Å²) in [5.74, 6) is 0.792. The van der Waals surface area contributed by atoms with Crippen LogP contribution >= 0.6 is 23.4 Å². The summed E-state index contributed by atoms with van der Waals surface area (Å²) in [5, 5.41) is 3.80. The zero-order valence-electron chi connectivity index (χ0n) is 9.96. The maximum absolute atomic E-state index is 5.80. The average molecular weight is 260 g/mol. The third kappa shape index (κ3) is 3.52. The van der Waals surface area contributed by atoms with E-state index in [1.54, 1.807) is 6.07 Å². The fraction of sp³-hybridized carbons (Fsp3) is 0.636. The molecule has 0 aliphatic heterocycles. The van der Waals surface area contributed by atoms with Crippen LogP contribution in [0.3, 0.4) is 0 Å². The Morgan fingerprint density at radius 2 is 2.06 bits per heavy atom. The molecule has 90 valence electrons. The summed E-state index contributed by atoms with van der Waals surface area (Å²) >= 11 is 7.70. The Balaban J connectivity index is 2.62. The Bertz CT molecular complexity index is 320. The summed E-state index contributed by atoms with van der Waals surface area (Å²) in [5.41, 5.74) is 0. The molecule has 0 amide bonds. The van der Waals surface area contributed by atoms with Crippen molar-refractivity contribution in [2.45, 2.75) is 31.4 Å². The first-order valence-corrected chi connectivity index (χ1v) is 7.02. The maximum atomic E-state index is 5.80. The number of thioether (sulfide) groups is 1. The molecular formula is C11H18ClN3S. The number of anilines is 1. The quantitative estimate of drug-likeness (QED) is 0.794. The number of hydrogen-bond acceptors (Lipinski definition) is 4. The van der Waals surface area contributed by atoms with Gasteiger partial charge in [0.05, 0.1) is 0 Å². The lowest BCUT2D eigenvalue weighted by Gasteiger charge is -2.30. The van der Waals surface area contributed by atoms with Crippen molar-refractivity contribution in [2.75, 3.05) is 18.1 Å². The number of aromatic nitrogens is 2. The van der Waals surface area contributed by atoms with Gasteiger partial charge in [0.15, 0.2) is 0 Å². The molecule has 0 bridgehead atoms. The topological polar surface area (TPSA) is 37.8 Å². The molecule has 0 aliphatic carbocycles. The van der Waals surface area contributed by atoms with E-state index >= 15 is 0 Å². The fourth-order valence-electron chi connectivity index (χ4n) is 1.54. The zero-order chi connectivity index (χ0) is 12.0. The molecule has 0 aliphatic rings. The van der Waals surface area contributed by atoms with Gasteiger partial charge in [0.1, 0.15) is 17.3 Å². The van der Waals surface area contributed by atoms with Crippen LogP contribution in [0.25, 0.3) is 0 Å². The van der Waals surface area contributed by atoms with E-state index in [-0.39, 0.29) is 4.75 Å². The standard InChI is InChI=1S/C11H18ClN3S/c1-4-11(5-2,16-3)7-13-10-6-9(12)14-8-15-10/h6,8H,4-5,7H2,1-3H3,(H,13,14,15). The van der Waals surface area contributed by atoms with Gasteiger partial charge >= 0.3 is 0 Å². The minimum absolute atomic E-state index is 0.275. The molecule has 0 saturated carbocycles. The van der Waals surface area contributed by atoms with Gasteiger partial charge in [-0.05, 0) is 19.1 Å². The summed E-state index contributed by atoms with van der Waals surface area (Å²) in [7, 11) is 0. The Morgan fingerprint density at radius 1 is 1.38 bits per heavy atom. The number of halogens is 1. The molecular weight excluding hydrogens is 242 g/mol. The van der Waals surface area contributed by atoms with E-state index in [0.717, 1.165) is 25.2 Å². The first-order chi connectivity index (χ1) is 7.65. The van der Waals surface area contributed by atoms with Crippen molar-refractivity contribution in [1.29, 1.82) is 0 Å². The van der Waals surface area contributed by atoms with Crippen LogP contribution in [-0.4, -0.2) is 27.5 Å². The van der Waals surface area contributed by atoms with Gasteiger partial charge in [0.25, 0.3) is 0 Å². The predicted octanol–water partition coefficient (Wildman–Crippen LogP) is 3.46. The van der Waals surface area contributed by atoms with E-state index in [2.05, 4.69) is 35.4 Å². The molecule has 0 spiro atoms. The highest BCUT2D eigenvalue weighted by atomic mass is 35.5. The van der Waals surface area contributed by atoms with E-state index < -0.39 is 0 Å². The van der Waals surface area contributed by atoms with Gasteiger partial charge in [-0.25, -0.2) is 9.97 Å². The van der Waals surface area contributed by atoms with Crippen molar-refractivity contribution in [1.82, 2.24) is 9.97 Å². The summed E-state index contributed by atoms with van der Waals surface area (Å²) in [6, 6.07) is 1.75. The highest BCUT2D eigenvalue weighted by molar-refractivity contribution is 8.00. The fourth-order valence-corrected chi connectivity index (χ4v) is 2.48. The molecule has 16 heavy (non-hydrogen) atoms. The molecule has 0 unspecified atom stereocenters. The number of hydrogen-bond donors (Lipinski definition) is 1. The minimum atomic E-state index is 0.275. The summed E-state index contributed by atoms with van der Waals surface area (Å²) < 4.78 is 0.275. The molecule has 0 atom stereocenters. The van der Waals surface area contributed by atoms with Gasteiger partial charge in [0.2, 0.25) is 0 Å². The predicted molar refractivity (Wildman–Crippen MR) is 72.4 cm³/mol. The number of nitrogens with zero attached hydrogens (tertiary/aromatic N) is 2. The van der Waals surface area contributed by atoms with Crippen LogP contribution in [0.5, 0.6) is 0 Å².